The summed E-state index contributed by atoms with van der Waals surface area (Å²) in [7, 11) is 3.10. The smallest absolute Gasteiger partial charge is 0.417 e. The zero-order chi connectivity index (χ0) is 18.7. The molecule has 0 aliphatic rings. The van der Waals surface area contributed by atoms with Crippen molar-refractivity contribution in [1.29, 1.82) is 0 Å². The maximum Gasteiger partial charge on any atom is 0.417 e. The molecule has 0 bridgehead atoms. The topological polar surface area (TPSA) is 95.9 Å². The lowest BCUT2D eigenvalue weighted by Crippen LogP contribution is -2.17. The number of carbonyl (C=O) groups excluding carboxylic acids is 1. The number of aromatic hydroxyl groups is 1. The zero-order valence-corrected chi connectivity index (χ0v) is 15.4. The van der Waals surface area contributed by atoms with E-state index < -0.39 is 12.1 Å². The molecule has 132 valence electrons. The monoisotopic (exact) mass is 405 g/mol. The number of hydrogen-bond donors (Lipinski definition) is 3. The van der Waals surface area contributed by atoms with Crippen molar-refractivity contribution < 1.29 is 24.5 Å². The second-order valence-electron chi connectivity index (χ2n) is 5.07. The fraction of sp³-hybridized carbons (Fsp3) is 0. The Balaban J connectivity index is 1.67. The minimum atomic E-state index is -1.30. The lowest BCUT2D eigenvalue weighted by molar-refractivity contribution is 0.0693. The fourth-order valence-electron chi connectivity index (χ4n) is 2.10. The second kappa shape index (κ2) is 7.65. The van der Waals surface area contributed by atoms with Gasteiger partial charge in [0.1, 0.15) is 20.9 Å². The Kier molecular flexibility index (Phi) is 5.31. The highest BCUT2D eigenvalue weighted by atomic mass is 32.9. The highest BCUT2D eigenvalue weighted by Crippen LogP contribution is 2.30. The molecule has 6 nitrogen and oxygen atoms in total. The van der Waals surface area contributed by atoms with E-state index in [1.165, 1.54) is 22.5 Å². The van der Waals surface area contributed by atoms with Crippen LogP contribution in [0.5, 0.6) is 11.5 Å². The number of hydrogen-bond acceptors (Lipinski definition) is 7. The van der Waals surface area contributed by atoms with E-state index in [-0.39, 0.29) is 17.0 Å². The van der Waals surface area contributed by atoms with Crippen LogP contribution in [0.15, 0.2) is 48.5 Å². The molecule has 1 heterocycles. The van der Waals surface area contributed by atoms with Gasteiger partial charge in [-0.25, -0.2) is 9.59 Å². The molecule has 2 aromatic carbocycles. The van der Waals surface area contributed by atoms with E-state index in [1.807, 2.05) is 18.2 Å². The quantitative estimate of drug-likeness (QED) is 0.313. The van der Waals surface area contributed by atoms with Gasteiger partial charge in [-0.1, -0.05) is 32.9 Å². The molecule has 3 N–H and O–H groups in total. The van der Waals surface area contributed by atoms with E-state index in [2.05, 4.69) is 5.32 Å². The van der Waals surface area contributed by atoms with Crippen LogP contribution >= 0.6 is 32.9 Å². The van der Waals surface area contributed by atoms with Gasteiger partial charge in [0.2, 0.25) is 0 Å². The van der Waals surface area contributed by atoms with Crippen molar-refractivity contribution in [2.24, 2.45) is 0 Å². The molecule has 0 unspecified atom stereocenters. The Morgan fingerprint density at radius 3 is 2.38 bits per heavy atom. The predicted octanol–water partition coefficient (Wildman–Crippen LogP) is 5.22. The maximum atomic E-state index is 12.0. The molecule has 0 aliphatic heterocycles. The molecule has 0 spiro atoms. The van der Waals surface area contributed by atoms with Crippen molar-refractivity contribution in [3.8, 4) is 21.9 Å². The third-order valence-electron chi connectivity index (χ3n) is 3.29. The van der Waals surface area contributed by atoms with Gasteiger partial charge in [0.25, 0.3) is 0 Å². The van der Waals surface area contributed by atoms with Gasteiger partial charge in [-0.2, -0.15) is 0 Å². The summed E-state index contributed by atoms with van der Waals surface area (Å²) >= 11 is 5.11. The standard InChI is InChI=1S/C17H11NO5S3/c19-13-6-3-10(7-12(13)16(20)21)18-17(22)23-11-4-1-9(2-5-11)14-8-15(24)26-25-14/h1-8,19H,(H,18,22)(H,20,21). The molecule has 0 saturated heterocycles. The van der Waals surface area contributed by atoms with Gasteiger partial charge >= 0.3 is 12.1 Å². The third-order valence-corrected chi connectivity index (χ3v) is 6.20. The largest absolute Gasteiger partial charge is 0.507 e. The van der Waals surface area contributed by atoms with Crippen molar-refractivity contribution in [3.63, 3.8) is 0 Å². The van der Waals surface area contributed by atoms with Crippen molar-refractivity contribution in [1.82, 2.24) is 0 Å². The summed E-state index contributed by atoms with van der Waals surface area (Å²) in [6, 6.07) is 12.6. The van der Waals surface area contributed by atoms with Crippen LogP contribution in [0.3, 0.4) is 0 Å². The first-order valence-corrected chi connectivity index (χ1v) is 9.74. The molecular formula is C17H11NO5S3. The first-order valence-electron chi connectivity index (χ1n) is 7.18. The number of anilines is 1. The summed E-state index contributed by atoms with van der Waals surface area (Å²) in [4.78, 5) is 24.0. The minimum Gasteiger partial charge on any atom is -0.507 e. The highest BCUT2D eigenvalue weighted by molar-refractivity contribution is 7.80. The molecule has 1 amide bonds. The van der Waals surface area contributed by atoms with Gasteiger partial charge in [-0.3, -0.25) is 5.32 Å². The summed E-state index contributed by atoms with van der Waals surface area (Å²) < 4.78 is 5.99. The Bertz CT molecular complexity index is 1020. The molecule has 3 aromatic rings. The summed E-state index contributed by atoms with van der Waals surface area (Å²) in [5.41, 5.74) is 0.852. The van der Waals surface area contributed by atoms with E-state index in [4.69, 9.17) is 22.1 Å². The van der Waals surface area contributed by atoms with Crippen molar-refractivity contribution in [2.45, 2.75) is 0 Å². The van der Waals surface area contributed by atoms with Gasteiger partial charge in [0, 0.05) is 10.6 Å². The number of carbonyl (C=O) groups is 2. The van der Waals surface area contributed by atoms with Gasteiger partial charge in [0.15, 0.2) is 0 Å². The summed E-state index contributed by atoms with van der Waals surface area (Å²) in [6.07, 6.45) is -0.772. The van der Waals surface area contributed by atoms with E-state index >= 15 is 0 Å². The molecule has 9 heteroatoms. The molecule has 3 rings (SSSR count). The van der Waals surface area contributed by atoms with Crippen LogP contribution < -0.4 is 10.1 Å². The molecule has 26 heavy (non-hydrogen) atoms. The molecule has 0 fully saturated rings. The van der Waals surface area contributed by atoms with Crippen LogP contribution in [-0.2, 0) is 0 Å². The third kappa shape index (κ3) is 4.26. The van der Waals surface area contributed by atoms with E-state index in [0.717, 1.165) is 20.3 Å². The van der Waals surface area contributed by atoms with Crippen LogP contribution in [0.25, 0.3) is 10.4 Å². The van der Waals surface area contributed by atoms with Crippen molar-refractivity contribution >= 4 is 50.6 Å². The number of ether oxygens (including phenoxy) is 1. The molecule has 1 aromatic heterocycles. The lowest BCUT2D eigenvalue weighted by atomic mass is 10.2. The number of nitrogens with one attached hydrogen (secondary N) is 1. The zero-order valence-electron chi connectivity index (χ0n) is 13.0. The number of amides is 1. The second-order valence-corrected chi connectivity index (χ2v) is 7.98. The minimum absolute atomic E-state index is 0.194. The summed E-state index contributed by atoms with van der Waals surface area (Å²) in [6.45, 7) is 0. The Morgan fingerprint density at radius 2 is 1.77 bits per heavy atom. The van der Waals surface area contributed by atoms with E-state index in [0.29, 0.717) is 5.75 Å². The number of aromatic carboxylic acids is 1. The number of rotatable bonds is 4. The predicted molar refractivity (Wildman–Crippen MR) is 103 cm³/mol. The maximum absolute atomic E-state index is 12.0. The van der Waals surface area contributed by atoms with Gasteiger partial charge in [0.05, 0.1) is 0 Å². The summed E-state index contributed by atoms with van der Waals surface area (Å²) in [5.74, 6) is -1.35. The average Bonchev–Trinajstić information content (AvgIpc) is 3.03. The highest BCUT2D eigenvalue weighted by Gasteiger charge is 2.12. The van der Waals surface area contributed by atoms with Gasteiger partial charge in [-0.15, -0.1) is 0 Å². The summed E-state index contributed by atoms with van der Waals surface area (Å²) in [5, 5.41) is 20.9. The molecule has 0 radical (unpaired) electrons. The lowest BCUT2D eigenvalue weighted by Gasteiger charge is -2.08. The van der Waals surface area contributed by atoms with Crippen LogP contribution in [0.2, 0.25) is 0 Å². The Hall–Kier alpha value is -2.75. The number of phenols is 1. The molecule has 0 saturated carbocycles. The van der Waals surface area contributed by atoms with Gasteiger partial charge < -0.3 is 14.9 Å². The molecular weight excluding hydrogens is 394 g/mol. The molecule has 0 aliphatic carbocycles. The Labute approximate surface area is 160 Å². The van der Waals surface area contributed by atoms with Gasteiger partial charge in [-0.05, 0) is 54.1 Å². The van der Waals surface area contributed by atoms with Crippen LogP contribution in [0.1, 0.15) is 10.4 Å². The van der Waals surface area contributed by atoms with E-state index in [1.54, 1.807) is 22.5 Å². The first-order chi connectivity index (χ1) is 12.4. The number of carboxylic acids is 1. The normalized spacial score (nSPS) is 10.3. The van der Waals surface area contributed by atoms with Crippen LogP contribution in [0, 0.1) is 3.82 Å². The Morgan fingerprint density at radius 1 is 1.04 bits per heavy atom. The number of benzene rings is 2. The number of carboxylic acid groups (broad SMARTS) is 1. The van der Waals surface area contributed by atoms with Crippen LogP contribution in [0.4, 0.5) is 10.5 Å². The first kappa shape index (κ1) is 18.1. The molecule has 0 atom stereocenters. The van der Waals surface area contributed by atoms with Crippen LogP contribution in [-0.4, -0.2) is 22.3 Å². The fourth-order valence-corrected chi connectivity index (χ4v) is 4.50. The van der Waals surface area contributed by atoms with Crippen molar-refractivity contribution in [3.05, 3.63) is 57.9 Å². The average molecular weight is 405 g/mol. The van der Waals surface area contributed by atoms with E-state index in [9.17, 15) is 14.7 Å². The van der Waals surface area contributed by atoms with Crippen molar-refractivity contribution in [2.75, 3.05) is 5.32 Å². The SMILES string of the molecule is O=C(Nc1ccc(O)c(C(=O)O)c1)Oc1ccc(-c2cc(=S)ss2)cc1.